The molecule has 1 atom stereocenters. The number of H-pyrrole nitrogens is 1. The third-order valence-electron chi connectivity index (χ3n) is 8.45. The smallest absolute Gasteiger partial charge is 0.308 e. The second kappa shape index (κ2) is 21.9. The Kier molecular flexibility index (Phi) is 18.4. The van der Waals surface area contributed by atoms with Crippen LogP contribution in [0.25, 0.3) is 16.8 Å². The summed E-state index contributed by atoms with van der Waals surface area (Å²) in [7, 11) is 0. The lowest BCUT2D eigenvalue weighted by Gasteiger charge is -2.25. The van der Waals surface area contributed by atoms with Gasteiger partial charge in [-0.3, -0.25) is 14.7 Å². The van der Waals surface area contributed by atoms with E-state index in [-0.39, 0.29) is 17.7 Å². The van der Waals surface area contributed by atoms with Crippen LogP contribution >= 0.6 is 0 Å². The molecule has 0 spiro atoms. The average Bonchev–Trinajstić information content (AvgIpc) is 3.67. The average molecular weight is 675 g/mol. The van der Waals surface area contributed by atoms with Crippen LogP contribution in [0.3, 0.4) is 0 Å². The number of hydrogen-bond donors (Lipinski definition) is 3. The van der Waals surface area contributed by atoms with Crippen molar-refractivity contribution in [2.24, 2.45) is 5.92 Å². The molecular formula is C40H62N6O3. The third kappa shape index (κ3) is 11.9. The van der Waals surface area contributed by atoms with Gasteiger partial charge >= 0.3 is 5.97 Å². The summed E-state index contributed by atoms with van der Waals surface area (Å²) in [6, 6.07) is 5.84. The summed E-state index contributed by atoms with van der Waals surface area (Å²) < 4.78 is 4.97. The van der Waals surface area contributed by atoms with Crippen LogP contribution in [0, 0.1) is 5.92 Å². The molecule has 0 amide bonds. The van der Waals surface area contributed by atoms with Crippen LogP contribution in [0.2, 0.25) is 0 Å². The molecule has 3 N–H and O–H groups in total. The highest BCUT2D eigenvalue weighted by Crippen LogP contribution is 2.43. The summed E-state index contributed by atoms with van der Waals surface area (Å²) >= 11 is 0. The van der Waals surface area contributed by atoms with Crippen molar-refractivity contribution < 1.29 is 14.3 Å². The molecule has 9 heteroatoms. The van der Waals surface area contributed by atoms with E-state index in [1.165, 1.54) is 12.0 Å². The Hall–Kier alpha value is -3.95. The molecule has 0 aliphatic heterocycles. The molecule has 270 valence electrons. The second-order valence-electron chi connectivity index (χ2n) is 12.2. The van der Waals surface area contributed by atoms with E-state index in [0.29, 0.717) is 23.6 Å². The topological polar surface area (TPSA) is 103 Å². The Morgan fingerprint density at radius 3 is 2.41 bits per heavy atom. The van der Waals surface area contributed by atoms with Gasteiger partial charge in [-0.25, -0.2) is 5.01 Å². The molecule has 0 saturated carbocycles. The van der Waals surface area contributed by atoms with E-state index in [1.54, 1.807) is 0 Å². The minimum atomic E-state index is -0.0648. The minimum Gasteiger partial charge on any atom is -0.466 e. The van der Waals surface area contributed by atoms with Gasteiger partial charge in [0.2, 0.25) is 0 Å². The zero-order chi connectivity index (χ0) is 36.3. The quantitative estimate of drug-likeness (QED) is 0.0700. The summed E-state index contributed by atoms with van der Waals surface area (Å²) in [6.45, 7) is 29.7. The van der Waals surface area contributed by atoms with Crippen molar-refractivity contribution in [1.29, 1.82) is 0 Å². The van der Waals surface area contributed by atoms with Gasteiger partial charge in [-0.2, -0.15) is 5.10 Å². The van der Waals surface area contributed by atoms with Crippen molar-refractivity contribution in [3.8, 4) is 11.3 Å². The number of anilines is 1. The molecule has 0 bridgehead atoms. The van der Waals surface area contributed by atoms with E-state index in [9.17, 15) is 9.59 Å². The number of nitrogens with one attached hydrogen (secondary N) is 3. The number of hydrazine groups is 1. The van der Waals surface area contributed by atoms with Crippen LogP contribution < -0.4 is 10.7 Å². The maximum absolute atomic E-state index is 13.5. The van der Waals surface area contributed by atoms with Crippen molar-refractivity contribution in [3.05, 3.63) is 77.8 Å². The number of fused-ring (bicyclic) bond motifs is 3. The monoisotopic (exact) mass is 674 g/mol. The van der Waals surface area contributed by atoms with E-state index >= 15 is 0 Å². The summed E-state index contributed by atoms with van der Waals surface area (Å²) in [5.41, 5.74) is 10.3. The van der Waals surface area contributed by atoms with Gasteiger partial charge in [0, 0.05) is 18.7 Å². The van der Waals surface area contributed by atoms with Crippen LogP contribution in [0.5, 0.6) is 0 Å². The Bertz CT molecular complexity index is 1440. The summed E-state index contributed by atoms with van der Waals surface area (Å²) in [6.07, 6.45) is 12.0. The van der Waals surface area contributed by atoms with E-state index < -0.39 is 0 Å². The first-order valence-electron chi connectivity index (χ1n) is 18.3. The molecule has 1 heterocycles. The molecule has 0 fully saturated rings. The second-order valence-corrected chi connectivity index (χ2v) is 12.2. The number of benzene rings is 1. The zero-order valence-corrected chi connectivity index (χ0v) is 31.5. The van der Waals surface area contributed by atoms with Gasteiger partial charge in [-0.15, -0.1) is 6.58 Å². The molecule has 0 saturated heterocycles. The number of aromatic amines is 1. The van der Waals surface area contributed by atoms with Crippen molar-refractivity contribution >= 4 is 23.0 Å². The molecule has 1 unspecified atom stereocenters. The zero-order valence-electron chi connectivity index (χ0n) is 31.5. The van der Waals surface area contributed by atoms with E-state index in [2.05, 4.69) is 83.9 Å². The predicted octanol–water partition coefficient (Wildman–Crippen LogP) is 8.75. The third-order valence-corrected chi connectivity index (χ3v) is 8.45. The largest absolute Gasteiger partial charge is 0.466 e. The van der Waals surface area contributed by atoms with Crippen LogP contribution in [0.4, 0.5) is 5.69 Å². The fraction of sp³-hybridized carbons (Fsp3) is 0.525. The van der Waals surface area contributed by atoms with Crippen LogP contribution in [0.15, 0.2) is 61.0 Å². The lowest BCUT2D eigenvalue weighted by atomic mass is 9.94. The first-order valence-corrected chi connectivity index (χ1v) is 18.3. The molecular weight excluding hydrogens is 612 g/mol. The van der Waals surface area contributed by atoms with Gasteiger partial charge in [0.1, 0.15) is 5.82 Å². The number of carbonyl (C=O) groups excluding carboxylic acids is 2. The standard InChI is InChI=1S/C26H31N5O.C12H25NO2.C2H6/c1-5-7-16-31(15-6-2)30-18(4)27-21-10-8-9-20-22(21)26(32)23-24(28-29-25(20)23)19-13-11-17(3)12-14-19;1-5-9-13(6-2)10-8-11(4)12(14)15-7-3;1-2/h5,8-11,13,27,30H,1,4,6-7,12,14-16H2,2-3H3,(H,28,29);11H,5-10H2,1-4H3;1-2H3. The first kappa shape index (κ1) is 41.2. The molecule has 0 radical (unpaired) electrons. The Morgan fingerprint density at radius 1 is 1.06 bits per heavy atom. The number of hydrogen-bond acceptors (Lipinski definition) is 8. The van der Waals surface area contributed by atoms with Crippen molar-refractivity contribution in [3.63, 3.8) is 0 Å². The van der Waals surface area contributed by atoms with E-state index in [4.69, 9.17) is 4.74 Å². The fourth-order valence-electron chi connectivity index (χ4n) is 5.81. The van der Waals surface area contributed by atoms with Gasteiger partial charge in [0.25, 0.3) is 0 Å². The number of allylic oxidation sites excluding steroid dienone is 4. The summed E-state index contributed by atoms with van der Waals surface area (Å²) in [5, 5.41) is 13.0. The Morgan fingerprint density at radius 2 is 1.80 bits per heavy atom. The lowest BCUT2D eigenvalue weighted by molar-refractivity contribution is -0.147. The minimum absolute atomic E-state index is 0.00102. The number of aromatic nitrogens is 2. The Balaban J connectivity index is 0.000000415. The SMILES string of the molecule is C=CCCN(CCC)NC(=C)Nc1cccc2c1C(=O)c1c(C3=CC=C(C)CC3)n[nH]c1-2.CC.CCCN(CC)CCC(C)C(=O)OCC. The van der Waals surface area contributed by atoms with Gasteiger partial charge in [0.15, 0.2) is 5.78 Å². The Labute approximate surface area is 295 Å². The van der Waals surface area contributed by atoms with Crippen molar-refractivity contribution in [1.82, 2.24) is 25.5 Å². The number of ketones is 1. The van der Waals surface area contributed by atoms with Gasteiger partial charge in [-0.1, -0.05) is 84.1 Å². The number of nitrogens with zero attached hydrogens (tertiary/aromatic N) is 3. The molecule has 2 aliphatic carbocycles. The van der Waals surface area contributed by atoms with E-state index in [0.717, 1.165) is 93.0 Å². The molecule has 9 nitrogen and oxygen atoms in total. The van der Waals surface area contributed by atoms with Crippen LogP contribution in [0.1, 0.15) is 116 Å². The number of ether oxygens (including phenoxy) is 1. The molecule has 1 aromatic heterocycles. The number of carbonyl (C=O) groups is 2. The summed E-state index contributed by atoms with van der Waals surface area (Å²) in [5.74, 6) is 0.591. The molecule has 2 aromatic rings. The van der Waals surface area contributed by atoms with Crippen LogP contribution in [-0.4, -0.2) is 71.2 Å². The first-order chi connectivity index (χ1) is 23.7. The maximum atomic E-state index is 13.5. The molecule has 2 aliphatic rings. The van der Waals surface area contributed by atoms with Crippen molar-refractivity contribution in [2.45, 2.75) is 93.9 Å². The highest BCUT2D eigenvalue weighted by atomic mass is 16.5. The van der Waals surface area contributed by atoms with E-state index in [1.807, 2.05) is 52.0 Å². The van der Waals surface area contributed by atoms with Gasteiger partial charge < -0.3 is 20.4 Å². The van der Waals surface area contributed by atoms with Gasteiger partial charge in [-0.05, 0) is 83.6 Å². The predicted molar refractivity (Wildman–Crippen MR) is 205 cm³/mol. The highest BCUT2D eigenvalue weighted by Gasteiger charge is 2.35. The van der Waals surface area contributed by atoms with Crippen molar-refractivity contribution in [2.75, 3.05) is 44.6 Å². The number of esters is 1. The maximum Gasteiger partial charge on any atom is 0.308 e. The summed E-state index contributed by atoms with van der Waals surface area (Å²) in [4.78, 5) is 27.3. The fourth-order valence-corrected chi connectivity index (χ4v) is 5.81. The van der Waals surface area contributed by atoms with Crippen LogP contribution in [-0.2, 0) is 9.53 Å². The molecule has 49 heavy (non-hydrogen) atoms. The highest BCUT2D eigenvalue weighted by molar-refractivity contribution is 6.25. The van der Waals surface area contributed by atoms with Gasteiger partial charge in [0.05, 0.1) is 40.7 Å². The molecule has 1 aromatic carbocycles. The number of rotatable bonds is 18. The lowest BCUT2D eigenvalue weighted by Crippen LogP contribution is -2.40. The molecule has 4 rings (SSSR count). The normalized spacial score (nSPS) is 13.6.